The summed E-state index contributed by atoms with van der Waals surface area (Å²) in [6, 6.07) is 11.9. The Bertz CT molecular complexity index is 883. The van der Waals surface area contributed by atoms with Crippen LogP contribution in [0.1, 0.15) is 23.2 Å². The number of benzene rings is 2. The van der Waals surface area contributed by atoms with Gasteiger partial charge in [-0.25, -0.2) is 12.8 Å². The molecule has 0 spiro atoms. The van der Waals surface area contributed by atoms with Gasteiger partial charge in [-0.3, -0.25) is 4.79 Å². The third-order valence-corrected chi connectivity index (χ3v) is 7.23. The molecule has 0 aromatic heterocycles. The molecule has 0 N–H and O–H groups in total. The number of sulfone groups is 1. The van der Waals surface area contributed by atoms with E-state index in [1.165, 1.54) is 12.1 Å². The van der Waals surface area contributed by atoms with E-state index in [4.69, 9.17) is 0 Å². The number of hydrogen-bond acceptors (Lipinski definition) is 3. The molecule has 1 amide bonds. The highest BCUT2D eigenvalue weighted by Crippen LogP contribution is 2.26. The van der Waals surface area contributed by atoms with Crippen LogP contribution in [0.2, 0.25) is 0 Å². The van der Waals surface area contributed by atoms with E-state index < -0.39 is 20.9 Å². The normalized spacial score (nSPS) is 18.2. The lowest BCUT2D eigenvalue weighted by atomic mass is 10.1. The molecule has 1 unspecified atom stereocenters. The molecule has 2 aromatic rings. The number of piperidine rings is 1. The molecule has 0 aliphatic carbocycles. The van der Waals surface area contributed by atoms with Crippen molar-refractivity contribution in [2.75, 3.05) is 13.1 Å². The van der Waals surface area contributed by atoms with E-state index in [0.717, 1.165) is 12.1 Å². The third kappa shape index (κ3) is 3.77. The summed E-state index contributed by atoms with van der Waals surface area (Å²) in [5, 5.41) is -0.682. The number of rotatable bonds is 3. The smallest absolute Gasteiger partial charge is 0.255 e. The Kier molecular flexibility index (Phi) is 5.24. The molecule has 1 fully saturated rings. The lowest BCUT2D eigenvalue weighted by molar-refractivity contribution is 0.0726. The Balaban J connectivity index is 1.82. The van der Waals surface area contributed by atoms with Crippen LogP contribution in [-0.2, 0) is 9.84 Å². The maximum atomic E-state index is 13.1. The van der Waals surface area contributed by atoms with Crippen LogP contribution in [0.4, 0.5) is 4.39 Å². The maximum Gasteiger partial charge on any atom is 0.255 e. The van der Waals surface area contributed by atoms with Crippen LogP contribution >= 0.6 is 15.9 Å². The quantitative estimate of drug-likeness (QED) is 0.704. The van der Waals surface area contributed by atoms with Gasteiger partial charge in [-0.2, -0.15) is 0 Å². The van der Waals surface area contributed by atoms with Crippen molar-refractivity contribution in [2.45, 2.75) is 23.0 Å². The second-order valence-corrected chi connectivity index (χ2v) is 9.08. The van der Waals surface area contributed by atoms with Gasteiger partial charge in [-0.15, -0.1) is 0 Å². The fourth-order valence-electron chi connectivity index (χ4n) is 3.00. The number of likely N-dealkylation sites (tertiary alicyclic amines) is 1. The van der Waals surface area contributed by atoms with Crippen LogP contribution in [0.25, 0.3) is 0 Å². The lowest BCUT2D eigenvalue weighted by Gasteiger charge is -2.32. The van der Waals surface area contributed by atoms with Gasteiger partial charge in [0.25, 0.3) is 5.91 Å². The number of hydrogen-bond donors (Lipinski definition) is 0. The second kappa shape index (κ2) is 7.25. The van der Waals surface area contributed by atoms with Gasteiger partial charge in [0.05, 0.1) is 15.7 Å². The van der Waals surface area contributed by atoms with E-state index in [1.807, 2.05) is 6.07 Å². The van der Waals surface area contributed by atoms with E-state index in [-0.39, 0.29) is 17.3 Å². The zero-order chi connectivity index (χ0) is 18.0. The Labute approximate surface area is 154 Å². The average molecular weight is 426 g/mol. The minimum Gasteiger partial charge on any atom is -0.337 e. The molecule has 0 radical (unpaired) electrons. The summed E-state index contributed by atoms with van der Waals surface area (Å²) in [7, 11) is -3.61. The van der Waals surface area contributed by atoms with Crippen LogP contribution in [0.5, 0.6) is 0 Å². The van der Waals surface area contributed by atoms with Crippen LogP contribution in [0.15, 0.2) is 57.9 Å². The molecule has 132 valence electrons. The molecule has 3 rings (SSSR count). The van der Waals surface area contributed by atoms with Crippen molar-refractivity contribution < 1.29 is 17.6 Å². The molecule has 0 saturated carbocycles. The highest BCUT2D eigenvalue weighted by molar-refractivity contribution is 9.10. The fourth-order valence-corrected chi connectivity index (χ4v) is 5.21. The number of carbonyl (C=O) groups excluding carboxylic acids is 1. The molecule has 4 nitrogen and oxygen atoms in total. The number of amides is 1. The molecule has 1 heterocycles. The van der Waals surface area contributed by atoms with Gasteiger partial charge in [-0.1, -0.05) is 12.1 Å². The van der Waals surface area contributed by atoms with Gasteiger partial charge >= 0.3 is 0 Å². The van der Waals surface area contributed by atoms with Crippen LogP contribution < -0.4 is 0 Å². The first-order valence-electron chi connectivity index (χ1n) is 7.93. The number of carbonyl (C=O) groups is 1. The van der Waals surface area contributed by atoms with Crippen molar-refractivity contribution in [1.82, 2.24) is 4.90 Å². The van der Waals surface area contributed by atoms with Crippen LogP contribution in [-0.4, -0.2) is 37.6 Å². The maximum absolute atomic E-state index is 13.1. The first-order chi connectivity index (χ1) is 11.9. The van der Waals surface area contributed by atoms with Gasteiger partial charge in [0.15, 0.2) is 9.84 Å². The van der Waals surface area contributed by atoms with Crippen molar-refractivity contribution in [1.29, 1.82) is 0 Å². The molecule has 2 aromatic carbocycles. The highest BCUT2D eigenvalue weighted by atomic mass is 79.9. The van der Waals surface area contributed by atoms with Gasteiger partial charge in [0.1, 0.15) is 5.82 Å². The summed E-state index contributed by atoms with van der Waals surface area (Å²) in [5.41, 5.74) is 0.516. The first-order valence-corrected chi connectivity index (χ1v) is 10.3. The average Bonchev–Trinajstić information content (AvgIpc) is 2.62. The third-order valence-electron chi connectivity index (χ3n) is 4.35. The van der Waals surface area contributed by atoms with E-state index in [9.17, 15) is 17.6 Å². The summed E-state index contributed by atoms with van der Waals surface area (Å²) in [6.07, 6.45) is 1.10. The Morgan fingerprint density at radius 3 is 2.48 bits per heavy atom. The monoisotopic (exact) mass is 425 g/mol. The van der Waals surface area contributed by atoms with E-state index in [1.54, 1.807) is 23.1 Å². The molecular formula is C18H17BrFNO3S. The molecule has 25 heavy (non-hydrogen) atoms. The molecule has 1 aliphatic heterocycles. The first kappa shape index (κ1) is 18.1. The van der Waals surface area contributed by atoms with E-state index in [0.29, 0.717) is 29.4 Å². The summed E-state index contributed by atoms with van der Waals surface area (Å²) >= 11 is 3.36. The molecule has 1 atom stereocenters. The molecule has 1 saturated heterocycles. The summed E-state index contributed by atoms with van der Waals surface area (Å²) in [4.78, 5) is 14.4. The van der Waals surface area contributed by atoms with Crippen molar-refractivity contribution >= 4 is 31.7 Å². The lowest BCUT2D eigenvalue weighted by Crippen LogP contribution is -2.45. The zero-order valence-electron chi connectivity index (χ0n) is 13.4. The standard InChI is InChI=1S/C18H17BrFNO3S/c19-17-6-2-1-5-16(17)18(22)21-11-3-4-15(12-21)25(23,24)14-9-7-13(20)8-10-14/h1-2,5-10,15H,3-4,11-12H2. The minimum absolute atomic E-state index is 0.0918. The minimum atomic E-state index is -3.61. The Hall–Kier alpha value is -1.73. The molecule has 0 bridgehead atoms. The predicted molar refractivity (Wildman–Crippen MR) is 96.7 cm³/mol. The van der Waals surface area contributed by atoms with Gasteiger partial charge in [0.2, 0.25) is 0 Å². The topological polar surface area (TPSA) is 54.5 Å². The molecule has 1 aliphatic rings. The largest absolute Gasteiger partial charge is 0.337 e. The Morgan fingerprint density at radius 2 is 1.80 bits per heavy atom. The summed E-state index contributed by atoms with van der Waals surface area (Å²) in [5.74, 6) is -0.667. The van der Waals surface area contributed by atoms with Gasteiger partial charge in [0, 0.05) is 17.6 Å². The predicted octanol–water partition coefficient (Wildman–Crippen LogP) is 3.67. The molecular weight excluding hydrogens is 409 g/mol. The van der Waals surface area contributed by atoms with Crippen molar-refractivity contribution in [2.24, 2.45) is 0 Å². The SMILES string of the molecule is O=C(c1ccccc1Br)N1CCCC(S(=O)(=O)c2ccc(F)cc2)C1. The number of nitrogens with zero attached hydrogens (tertiary/aromatic N) is 1. The van der Waals surface area contributed by atoms with Crippen molar-refractivity contribution in [3.63, 3.8) is 0 Å². The van der Waals surface area contributed by atoms with Crippen molar-refractivity contribution in [3.8, 4) is 0 Å². The van der Waals surface area contributed by atoms with Crippen LogP contribution in [0, 0.1) is 5.82 Å². The molecule has 7 heteroatoms. The zero-order valence-corrected chi connectivity index (χ0v) is 15.8. The van der Waals surface area contributed by atoms with Gasteiger partial charge < -0.3 is 4.90 Å². The van der Waals surface area contributed by atoms with E-state index in [2.05, 4.69) is 15.9 Å². The van der Waals surface area contributed by atoms with Crippen LogP contribution in [0.3, 0.4) is 0 Å². The number of halogens is 2. The van der Waals surface area contributed by atoms with Gasteiger partial charge in [-0.05, 0) is 65.2 Å². The highest BCUT2D eigenvalue weighted by Gasteiger charge is 2.34. The van der Waals surface area contributed by atoms with Crippen molar-refractivity contribution in [3.05, 3.63) is 64.4 Å². The second-order valence-electron chi connectivity index (χ2n) is 5.99. The Morgan fingerprint density at radius 1 is 1.12 bits per heavy atom. The summed E-state index contributed by atoms with van der Waals surface area (Å²) in [6.45, 7) is 0.662. The van der Waals surface area contributed by atoms with E-state index >= 15 is 0 Å². The fraction of sp³-hybridized carbons (Fsp3) is 0.278. The summed E-state index contributed by atoms with van der Waals surface area (Å²) < 4.78 is 39.3.